The van der Waals surface area contributed by atoms with E-state index >= 15 is 0 Å². The SMILES string of the molecule is N#CCC(=O)Nc1ccc(NCc2ccccc2)cc1. The van der Waals surface area contributed by atoms with Gasteiger partial charge >= 0.3 is 0 Å². The van der Waals surface area contributed by atoms with E-state index in [-0.39, 0.29) is 12.3 Å². The van der Waals surface area contributed by atoms with E-state index in [1.807, 2.05) is 48.5 Å². The number of carbonyl (C=O) groups excluding carboxylic acids is 1. The zero-order chi connectivity index (χ0) is 14.2. The summed E-state index contributed by atoms with van der Waals surface area (Å²) >= 11 is 0. The van der Waals surface area contributed by atoms with Gasteiger partial charge in [-0.1, -0.05) is 30.3 Å². The molecule has 0 fully saturated rings. The van der Waals surface area contributed by atoms with Crippen LogP contribution in [0.4, 0.5) is 11.4 Å². The number of hydrogen-bond acceptors (Lipinski definition) is 3. The number of nitrogens with zero attached hydrogens (tertiary/aromatic N) is 1. The van der Waals surface area contributed by atoms with E-state index in [1.54, 1.807) is 0 Å². The van der Waals surface area contributed by atoms with Crippen LogP contribution in [0.5, 0.6) is 0 Å². The van der Waals surface area contributed by atoms with E-state index in [9.17, 15) is 4.79 Å². The number of benzene rings is 2. The smallest absolute Gasteiger partial charge is 0.238 e. The Morgan fingerprint density at radius 1 is 1.00 bits per heavy atom. The molecule has 0 saturated carbocycles. The highest BCUT2D eigenvalue weighted by Crippen LogP contribution is 2.14. The summed E-state index contributed by atoms with van der Waals surface area (Å²) in [5.74, 6) is -0.294. The molecule has 0 aromatic heterocycles. The summed E-state index contributed by atoms with van der Waals surface area (Å²) in [7, 11) is 0. The molecule has 0 bridgehead atoms. The van der Waals surface area contributed by atoms with Crippen LogP contribution in [0.1, 0.15) is 12.0 Å². The van der Waals surface area contributed by atoms with E-state index in [1.165, 1.54) is 5.56 Å². The first-order chi connectivity index (χ1) is 9.78. The standard InChI is InChI=1S/C16H15N3O/c17-11-10-16(20)19-15-8-6-14(7-9-15)18-12-13-4-2-1-3-5-13/h1-9,18H,10,12H2,(H,19,20). The third-order valence-corrected chi connectivity index (χ3v) is 2.75. The topological polar surface area (TPSA) is 64.9 Å². The van der Waals surface area contributed by atoms with Crippen molar-refractivity contribution >= 4 is 17.3 Å². The lowest BCUT2D eigenvalue weighted by Crippen LogP contribution is -2.10. The molecule has 0 aliphatic carbocycles. The number of nitriles is 1. The predicted octanol–water partition coefficient (Wildman–Crippen LogP) is 3.15. The van der Waals surface area contributed by atoms with Crippen molar-refractivity contribution in [2.24, 2.45) is 0 Å². The maximum Gasteiger partial charge on any atom is 0.238 e. The van der Waals surface area contributed by atoms with Gasteiger partial charge in [0.15, 0.2) is 0 Å². The minimum Gasteiger partial charge on any atom is -0.381 e. The fourth-order valence-corrected chi connectivity index (χ4v) is 1.75. The molecule has 0 saturated heterocycles. The van der Waals surface area contributed by atoms with Crippen LogP contribution in [0.2, 0.25) is 0 Å². The molecular weight excluding hydrogens is 250 g/mol. The van der Waals surface area contributed by atoms with Gasteiger partial charge < -0.3 is 10.6 Å². The van der Waals surface area contributed by atoms with E-state index in [4.69, 9.17) is 5.26 Å². The van der Waals surface area contributed by atoms with Gasteiger partial charge in [-0.05, 0) is 29.8 Å². The third-order valence-electron chi connectivity index (χ3n) is 2.75. The number of nitrogens with one attached hydrogen (secondary N) is 2. The van der Waals surface area contributed by atoms with Crippen molar-refractivity contribution in [3.8, 4) is 6.07 Å². The first-order valence-electron chi connectivity index (χ1n) is 6.32. The van der Waals surface area contributed by atoms with Crippen LogP contribution >= 0.6 is 0 Å². The van der Waals surface area contributed by atoms with Crippen LogP contribution in [0.15, 0.2) is 54.6 Å². The van der Waals surface area contributed by atoms with Crippen LogP contribution in [0, 0.1) is 11.3 Å². The third kappa shape index (κ3) is 4.14. The number of carbonyl (C=O) groups is 1. The average molecular weight is 265 g/mol. The monoisotopic (exact) mass is 265 g/mol. The molecule has 0 atom stereocenters. The van der Waals surface area contributed by atoms with Crippen molar-refractivity contribution in [3.05, 3.63) is 60.2 Å². The highest BCUT2D eigenvalue weighted by molar-refractivity contribution is 5.92. The number of amides is 1. The van der Waals surface area contributed by atoms with E-state index in [0.717, 1.165) is 12.2 Å². The zero-order valence-corrected chi connectivity index (χ0v) is 11.0. The average Bonchev–Trinajstić information content (AvgIpc) is 2.48. The van der Waals surface area contributed by atoms with Crippen LogP contribution in [-0.4, -0.2) is 5.91 Å². The molecule has 0 aliphatic rings. The molecule has 2 rings (SSSR count). The summed E-state index contributed by atoms with van der Waals surface area (Å²) < 4.78 is 0. The molecular formula is C16H15N3O. The van der Waals surface area contributed by atoms with Crippen LogP contribution in [-0.2, 0) is 11.3 Å². The van der Waals surface area contributed by atoms with Gasteiger partial charge in [0.05, 0.1) is 6.07 Å². The molecule has 0 unspecified atom stereocenters. The number of anilines is 2. The van der Waals surface area contributed by atoms with Gasteiger partial charge in [-0.25, -0.2) is 0 Å². The van der Waals surface area contributed by atoms with Crippen LogP contribution < -0.4 is 10.6 Å². The summed E-state index contributed by atoms with van der Waals surface area (Å²) in [6.07, 6.45) is -0.131. The second-order valence-corrected chi connectivity index (χ2v) is 4.30. The van der Waals surface area contributed by atoms with Gasteiger partial charge in [-0.15, -0.1) is 0 Å². The molecule has 0 heterocycles. The summed E-state index contributed by atoms with van der Waals surface area (Å²) in [5.41, 5.74) is 2.88. The second-order valence-electron chi connectivity index (χ2n) is 4.30. The van der Waals surface area contributed by atoms with Crippen molar-refractivity contribution in [3.63, 3.8) is 0 Å². The van der Waals surface area contributed by atoms with Crippen LogP contribution in [0.3, 0.4) is 0 Å². The molecule has 0 spiro atoms. The maximum atomic E-state index is 11.3. The quantitative estimate of drug-likeness (QED) is 0.872. The van der Waals surface area contributed by atoms with Gasteiger partial charge in [0.25, 0.3) is 0 Å². The Balaban J connectivity index is 1.89. The summed E-state index contributed by atoms with van der Waals surface area (Å²) in [5, 5.41) is 14.4. The van der Waals surface area contributed by atoms with Crippen molar-refractivity contribution in [1.82, 2.24) is 0 Å². The Bertz CT molecular complexity index is 600. The molecule has 100 valence electrons. The summed E-state index contributed by atoms with van der Waals surface area (Å²) in [4.78, 5) is 11.3. The minimum atomic E-state index is -0.294. The predicted molar refractivity (Wildman–Crippen MR) is 79.1 cm³/mol. The maximum absolute atomic E-state index is 11.3. The van der Waals surface area contributed by atoms with Gasteiger partial charge in [-0.3, -0.25) is 4.79 Å². The lowest BCUT2D eigenvalue weighted by molar-refractivity contribution is -0.115. The van der Waals surface area contributed by atoms with E-state index < -0.39 is 0 Å². The molecule has 2 aromatic carbocycles. The lowest BCUT2D eigenvalue weighted by Gasteiger charge is -2.08. The van der Waals surface area contributed by atoms with Crippen molar-refractivity contribution in [1.29, 1.82) is 5.26 Å². The Kier molecular flexibility index (Phi) is 4.74. The molecule has 2 aromatic rings. The fourth-order valence-electron chi connectivity index (χ4n) is 1.75. The second kappa shape index (κ2) is 6.95. The summed E-state index contributed by atoms with van der Waals surface area (Å²) in [6, 6.07) is 19.3. The molecule has 20 heavy (non-hydrogen) atoms. The van der Waals surface area contributed by atoms with Gasteiger partial charge in [-0.2, -0.15) is 5.26 Å². The van der Waals surface area contributed by atoms with Gasteiger partial charge in [0.2, 0.25) is 5.91 Å². The Morgan fingerprint density at radius 3 is 2.30 bits per heavy atom. The summed E-state index contributed by atoms with van der Waals surface area (Å²) in [6.45, 7) is 0.751. The number of hydrogen-bond donors (Lipinski definition) is 2. The van der Waals surface area contributed by atoms with E-state index in [0.29, 0.717) is 5.69 Å². The molecule has 4 nitrogen and oxygen atoms in total. The Morgan fingerprint density at radius 2 is 1.65 bits per heavy atom. The molecule has 1 amide bonds. The van der Waals surface area contributed by atoms with Gasteiger partial charge in [0, 0.05) is 17.9 Å². The van der Waals surface area contributed by atoms with Gasteiger partial charge in [0.1, 0.15) is 6.42 Å². The van der Waals surface area contributed by atoms with Crippen LogP contribution in [0.25, 0.3) is 0 Å². The highest BCUT2D eigenvalue weighted by atomic mass is 16.1. The lowest BCUT2D eigenvalue weighted by atomic mass is 10.2. The van der Waals surface area contributed by atoms with E-state index in [2.05, 4.69) is 22.8 Å². The van der Waals surface area contributed by atoms with Crippen molar-refractivity contribution < 1.29 is 4.79 Å². The normalized spacial score (nSPS) is 9.55. The first-order valence-corrected chi connectivity index (χ1v) is 6.32. The highest BCUT2D eigenvalue weighted by Gasteiger charge is 2.01. The molecule has 2 N–H and O–H groups in total. The van der Waals surface area contributed by atoms with Crippen molar-refractivity contribution in [2.75, 3.05) is 10.6 Å². The largest absolute Gasteiger partial charge is 0.381 e. The molecule has 0 aliphatic heterocycles. The molecule has 4 heteroatoms. The zero-order valence-electron chi connectivity index (χ0n) is 11.0. The minimum absolute atomic E-state index is 0.131. The number of rotatable bonds is 5. The molecule has 0 radical (unpaired) electrons. The van der Waals surface area contributed by atoms with Crippen molar-refractivity contribution in [2.45, 2.75) is 13.0 Å². The fraction of sp³-hybridized carbons (Fsp3) is 0.125. The Labute approximate surface area is 118 Å². The Hall–Kier alpha value is -2.80. The first kappa shape index (κ1) is 13.6.